The van der Waals surface area contributed by atoms with Crippen molar-refractivity contribution >= 4 is 66.5 Å². The maximum absolute atomic E-state index is 11.7. The number of benzene rings is 4. The SMILES string of the molecule is C.C.CCOC(=O)c1ccc(N2CCN(c3ccc(Br)cc3)CC2)cc1.O=C(O)c1ccc(N2CCN(c3ccc(Br)cc3)CC2)cc1. The number of aromatic carboxylic acids is 1. The fourth-order valence-electron chi connectivity index (χ4n) is 5.59. The van der Waals surface area contributed by atoms with Crippen LogP contribution in [-0.4, -0.2) is 76.0 Å². The fraction of sp³-hybridized carbons (Fsp3) is 0.316. The molecule has 4 aromatic carbocycles. The predicted octanol–water partition coefficient (Wildman–Crippen LogP) is 8.70. The average molecular weight is 783 g/mol. The molecule has 2 heterocycles. The minimum atomic E-state index is -0.883. The van der Waals surface area contributed by atoms with E-state index in [1.54, 1.807) is 12.1 Å². The number of anilines is 4. The molecule has 0 saturated carbocycles. The van der Waals surface area contributed by atoms with E-state index in [2.05, 4.69) is 100.0 Å². The third-order valence-corrected chi connectivity index (χ3v) is 9.22. The van der Waals surface area contributed by atoms with E-state index in [-0.39, 0.29) is 20.8 Å². The normalized spacial score (nSPS) is 14.1. The number of ether oxygens (including phenoxy) is 1. The van der Waals surface area contributed by atoms with Crippen molar-refractivity contribution in [3.05, 3.63) is 117 Å². The van der Waals surface area contributed by atoms with Crippen LogP contribution in [-0.2, 0) is 4.74 Å². The van der Waals surface area contributed by atoms with Gasteiger partial charge in [-0.25, -0.2) is 9.59 Å². The van der Waals surface area contributed by atoms with Crippen molar-refractivity contribution in [2.75, 3.05) is 78.6 Å². The maximum atomic E-state index is 11.7. The predicted molar refractivity (Wildman–Crippen MR) is 206 cm³/mol. The van der Waals surface area contributed by atoms with E-state index >= 15 is 0 Å². The lowest BCUT2D eigenvalue weighted by Gasteiger charge is -2.37. The summed E-state index contributed by atoms with van der Waals surface area (Å²) in [6.07, 6.45) is 0. The second kappa shape index (κ2) is 18.5. The average Bonchev–Trinajstić information content (AvgIpc) is 3.10. The zero-order chi connectivity index (χ0) is 32.5. The van der Waals surface area contributed by atoms with Crippen LogP contribution in [0.1, 0.15) is 42.5 Å². The van der Waals surface area contributed by atoms with Crippen molar-refractivity contribution in [2.45, 2.75) is 21.8 Å². The number of halogens is 2. The van der Waals surface area contributed by atoms with Crippen LogP contribution < -0.4 is 19.6 Å². The highest BCUT2D eigenvalue weighted by Crippen LogP contribution is 2.24. The van der Waals surface area contributed by atoms with Gasteiger partial charge in [-0.1, -0.05) is 46.7 Å². The summed E-state index contributed by atoms with van der Waals surface area (Å²) in [6.45, 7) is 9.91. The molecule has 10 heteroatoms. The Kier molecular flexibility index (Phi) is 14.8. The van der Waals surface area contributed by atoms with Gasteiger partial charge in [-0.15, -0.1) is 0 Å². The molecule has 0 spiro atoms. The lowest BCUT2D eigenvalue weighted by molar-refractivity contribution is 0.0525. The summed E-state index contributed by atoms with van der Waals surface area (Å²) in [5.41, 5.74) is 5.67. The molecular weight excluding hydrogens is 736 g/mol. The van der Waals surface area contributed by atoms with Gasteiger partial charge in [0.2, 0.25) is 0 Å². The third-order valence-electron chi connectivity index (χ3n) is 8.17. The van der Waals surface area contributed by atoms with Crippen molar-refractivity contribution in [1.29, 1.82) is 0 Å². The lowest BCUT2D eigenvalue weighted by atomic mass is 10.1. The topological polar surface area (TPSA) is 76.6 Å². The molecule has 2 saturated heterocycles. The number of nitrogens with zero attached hydrogens (tertiary/aromatic N) is 4. The van der Waals surface area contributed by atoms with Gasteiger partial charge in [0, 0.05) is 84.1 Å². The standard InChI is InChI=1S/C19H21BrN2O2.C17H17BrN2O2.2CH4/c1-2-24-19(23)15-3-7-17(8-4-15)21-11-13-22(14-12-21)18-9-5-16(20)6-10-18;18-14-3-7-16(8-4-14)20-11-9-19(10-12-20)15-5-1-13(2-6-15)17(21)22;;/h3-10H,2,11-14H2,1H3;1-8H,9-12H2,(H,21,22);2*1H4. The van der Waals surface area contributed by atoms with Crippen LogP contribution in [0, 0.1) is 0 Å². The molecule has 8 nitrogen and oxygen atoms in total. The van der Waals surface area contributed by atoms with E-state index in [1.165, 1.54) is 11.4 Å². The number of carboxylic acids is 1. The molecule has 48 heavy (non-hydrogen) atoms. The third kappa shape index (κ3) is 10.2. The van der Waals surface area contributed by atoms with Crippen LogP contribution in [0.2, 0.25) is 0 Å². The first-order valence-electron chi connectivity index (χ1n) is 15.4. The molecule has 2 aliphatic rings. The molecule has 0 bridgehead atoms. The van der Waals surface area contributed by atoms with Gasteiger partial charge in [0.25, 0.3) is 0 Å². The molecule has 0 amide bonds. The van der Waals surface area contributed by atoms with Gasteiger partial charge in [0.1, 0.15) is 0 Å². The number of carbonyl (C=O) groups excluding carboxylic acids is 1. The Balaban J connectivity index is 0.000000251. The molecule has 0 unspecified atom stereocenters. The summed E-state index contributed by atoms with van der Waals surface area (Å²) < 4.78 is 7.22. The summed E-state index contributed by atoms with van der Waals surface area (Å²) in [7, 11) is 0. The number of rotatable bonds is 7. The molecule has 1 N–H and O–H groups in total. The second-order valence-corrected chi connectivity index (χ2v) is 12.9. The highest BCUT2D eigenvalue weighted by molar-refractivity contribution is 9.10. The zero-order valence-electron chi connectivity index (χ0n) is 25.8. The van der Waals surface area contributed by atoms with E-state index in [4.69, 9.17) is 9.84 Å². The summed E-state index contributed by atoms with van der Waals surface area (Å²) in [5, 5.41) is 8.94. The fourth-order valence-corrected chi connectivity index (χ4v) is 6.12. The molecule has 2 fully saturated rings. The number of hydrogen-bond acceptors (Lipinski definition) is 7. The molecular formula is C38H46Br2N4O4. The van der Waals surface area contributed by atoms with Crippen LogP contribution in [0.25, 0.3) is 0 Å². The van der Waals surface area contributed by atoms with Gasteiger partial charge in [0.15, 0.2) is 0 Å². The molecule has 0 aliphatic carbocycles. The molecule has 0 atom stereocenters. The molecule has 6 rings (SSSR count). The number of piperazine rings is 2. The minimum absolute atomic E-state index is 0. The maximum Gasteiger partial charge on any atom is 0.338 e. The van der Waals surface area contributed by atoms with Gasteiger partial charge in [0.05, 0.1) is 17.7 Å². The van der Waals surface area contributed by atoms with E-state index < -0.39 is 5.97 Å². The van der Waals surface area contributed by atoms with Crippen molar-refractivity contribution in [2.24, 2.45) is 0 Å². The Labute approximate surface area is 302 Å². The van der Waals surface area contributed by atoms with Crippen molar-refractivity contribution < 1.29 is 19.4 Å². The summed E-state index contributed by atoms with van der Waals surface area (Å²) in [5.74, 6) is -1.14. The quantitative estimate of drug-likeness (QED) is 0.187. The van der Waals surface area contributed by atoms with Crippen LogP contribution in [0.3, 0.4) is 0 Å². The number of hydrogen-bond donors (Lipinski definition) is 1. The molecule has 0 aromatic heterocycles. The van der Waals surface area contributed by atoms with Crippen LogP contribution >= 0.6 is 31.9 Å². The number of carboxylic acid groups (broad SMARTS) is 1. The summed E-state index contributed by atoms with van der Waals surface area (Å²) in [4.78, 5) is 32.0. The Morgan fingerprint density at radius 1 is 0.542 bits per heavy atom. The highest BCUT2D eigenvalue weighted by atomic mass is 79.9. The van der Waals surface area contributed by atoms with Crippen molar-refractivity contribution in [3.63, 3.8) is 0 Å². The Morgan fingerprint density at radius 2 is 0.812 bits per heavy atom. The van der Waals surface area contributed by atoms with E-state index in [9.17, 15) is 9.59 Å². The largest absolute Gasteiger partial charge is 0.478 e. The van der Waals surface area contributed by atoms with Crippen LogP contribution in [0.4, 0.5) is 22.7 Å². The Hall–Kier alpha value is -4.02. The van der Waals surface area contributed by atoms with Gasteiger partial charge in [-0.2, -0.15) is 0 Å². The lowest BCUT2D eigenvalue weighted by Crippen LogP contribution is -2.46. The van der Waals surface area contributed by atoms with Gasteiger partial charge >= 0.3 is 11.9 Å². The first kappa shape index (κ1) is 38.4. The number of carbonyl (C=O) groups is 2. The summed E-state index contributed by atoms with van der Waals surface area (Å²) >= 11 is 6.93. The van der Waals surface area contributed by atoms with Gasteiger partial charge < -0.3 is 29.4 Å². The molecule has 0 radical (unpaired) electrons. The Morgan fingerprint density at radius 3 is 1.08 bits per heavy atom. The van der Waals surface area contributed by atoms with Crippen LogP contribution in [0.15, 0.2) is 106 Å². The molecule has 2 aliphatic heterocycles. The Bertz CT molecular complexity index is 1570. The minimum Gasteiger partial charge on any atom is -0.478 e. The highest BCUT2D eigenvalue weighted by Gasteiger charge is 2.19. The molecule has 4 aromatic rings. The molecule has 256 valence electrons. The van der Waals surface area contributed by atoms with E-state index in [0.717, 1.165) is 72.7 Å². The monoisotopic (exact) mass is 780 g/mol. The first-order valence-corrected chi connectivity index (χ1v) is 17.0. The van der Waals surface area contributed by atoms with Crippen molar-refractivity contribution in [1.82, 2.24) is 0 Å². The van der Waals surface area contributed by atoms with Crippen LogP contribution in [0.5, 0.6) is 0 Å². The van der Waals surface area contributed by atoms with E-state index in [1.807, 2.05) is 43.3 Å². The second-order valence-electron chi connectivity index (χ2n) is 11.0. The van der Waals surface area contributed by atoms with Crippen molar-refractivity contribution in [3.8, 4) is 0 Å². The smallest absolute Gasteiger partial charge is 0.338 e. The number of esters is 1. The van der Waals surface area contributed by atoms with E-state index in [0.29, 0.717) is 17.7 Å². The van der Waals surface area contributed by atoms with Gasteiger partial charge in [-0.3, -0.25) is 0 Å². The summed E-state index contributed by atoms with van der Waals surface area (Å²) in [6, 6.07) is 31.6. The zero-order valence-corrected chi connectivity index (χ0v) is 29.0. The van der Waals surface area contributed by atoms with Gasteiger partial charge in [-0.05, 0) is 104 Å². The first-order chi connectivity index (χ1) is 22.3.